The minimum atomic E-state index is 0.0220. The topological polar surface area (TPSA) is 57.7 Å². The lowest BCUT2D eigenvalue weighted by Crippen LogP contribution is -2.48. The summed E-state index contributed by atoms with van der Waals surface area (Å²) in [4.78, 5) is 21.2. The van der Waals surface area contributed by atoms with Gasteiger partial charge in [-0.2, -0.15) is 0 Å². The summed E-state index contributed by atoms with van der Waals surface area (Å²) in [5.74, 6) is 0.0220. The molecule has 1 saturated heterocycles. The third-order valence-corrected chi connectivity index (χ3v) is 4.81. The van der Waals surface area contributed by atoms with Crippen molar-refractivity contribution >= 4 is 28.9 Å². The van der Waals surface area contributed by atoms with Gasteiger partial charge in [0.2, 0.25) is 0 Å². The van der Waals surface area contributed by atoms with E-state index in [2.05, 4.69) is 15.2 Å². The first-order chi connectivity index (χ1) is 13.2. The molecule has 0 atom stereocenters. The number of anilines is 2. The van der Waals surface area contributed by atoms with Crippen LogP contribution in [-0.4, -0.2) is 62.2 Å². The molecule has 1 aromatic heterocycles. The molecule has 0 saturated carbocycles. The predicted octanol–water partition coefficient (Wildman–Crippen LogP) is 3.15. The minimum absolute atomic E-state index is 0.0220. The summed E-state index contributed by atoms with van der Waals surface area (Å²) in [6.07, 6.45) is 4.27. The Hall–Kier alpha value is -2.31. The number of carbonyl (C=O) groups excluding carboxylic acids is 1. The third-order valence-electron chi connectivity index (χ3n) is 4.58. The molecule has 1 amide bonds. The molecule has 1 aromatic carbocycles. The van der Waals surface area contributed by atoms with Crippen LogP contribution in [0.3, 0.4) is 0 Å². The van der Waals surface area contributed by atoms with Crippen LogP contribution in [0, 0.1) is 0 Å². The molecule has 1 aliphatic rings. The van der Waals surface area contributed by atoms with Gasteiger partial charge in [-0.1, -0.05) is 17.7 Å². The molecular weight excluding hydrogens is 364 g/mol. The van der Waals surface area contributed by atoms with Crippen molar-refractivity contribution in [1.29, 1.82) is 0 Å². The molecule has 7 heteroatoms. The van der Waals surface area contributed by atoms with E-state index in [1.54, 1.807) is 19.5 Å². The van der Waals surface area contributed by atoms with Gasteiger partial charge in [0.25, 0.3) is 5.91 Å². The Bertz CT molecular complexity index is 763. The van der Waals surface area contributed by atoms with Gasteiger partial charge in [-0.25, -0.2) is 0 Å². The lowest BCUT2D eigenvalue weighted by atomic mass is 10.2. The van der Waals surface area contributed by atoms with Crippen molar-refractivity contribution < 1.29 is 9.53 Å². The first-order valence-electron chi connectivity index (χ1n) is 9.15. The Morgan fingerprint density at radius 1 is 1.22 bits per heavy atom. The summed E-state index contributed by atoms with van der Waals surface area (Å²) in [6, 6.07) is 9.69. The first-order valence-corrected chi connectivity index (χ1v) is 9.53. The maximum atomic E-state index is 12.8. The molecule has 144 valence electrons. The summed E-state index contributed by atoms with van der Waals surface area (Å²) in [6.45, 7) is 4.41. The number of piperazine rings is 1. The zero-order chi connectivity index (χ0) is 19.1. The van der Waals surface area contributed by atoms with Crippen LogP contribution in [-0.2, 0) is 4.74 Å². The largest absolute Gasteiger partial charge is 0.385 e. The molecule has 6 nitrogen and oxygen atoms in total. The second-order valence-electron chi connectivity index (χ2n) is 6.49. The molecule has 0 spiro atoms. The van der Waals surface area contributed by atoms with Crippen LogP contribution in [0.1, 0.15) is 16.8 Å². The van der Waals surface area contributed by atoms with E-state index < -0.39 is 0 Å². The molecule has 3 rings (SSSR count). The zero-order valence-corrected chi connectivity index (χ0v) is 16.3. The van der Waals surface area contributed by atoms with Gasteiger partial charge in [0.15, 0.2) is 0 Å². The number of nitrogens with one attached hydrogen (secondary N) is 1. The maximum Gasteiger partial charge on any atom is 0.255 e. The second kappa shape index (κ2) is 9.58. The van der Waals surface area contributed by atoms with E-state index in [0.29, 0.717) is 25.3 Å². The molecule has 0 radical (unpaired) electrons. The van der Waals surface area contributed by atoms with E-state index in [1.165, 1.54) is 0 Å². The zero-order valence-electron chi connectivity index (χ0n) is 15.5. The van der Waals surface area contributed by atoms with Crippen molar-refractivity contribution in [2.24, 2.45) is 0 Å². The number of rotatable bonds is 7. The number of hydrogen-bond donors (Lipinski definition) is 1. The van der Waals surface area contributed by atoms with Crippen molar-refractivity contribution in [3.05, 3.63) is 53.3 Å². The van der Waals surface area contributed by atoms with Crippen LogP contribution in [0.5, 0.6) is 0 Å². The Kier molecular flexibility index (Phi) is 6.90. The highest BCUT2D eigenvalue weighted by Crippen LogP contribution is 2.21. The van der Waals surface area contributed by atoms with Gasteiger partial charge in [0.05, 0.1) is 11.3 Å². The predicted molar refractivity (Wildman–Crippen MR) is 109 cm³/mol. The number of methoxy groups -OCH3 is 1. The van der Waals surface area contributed by atoms with Crippen LogP contribution in [0.15, 0.2) is 42.7 Å². The lowest BCUT2D eigenvalue weighted by molar-refractivity contribution is 0.0746. The number of benzene rings is 1. The fourth-order valence-electron chi connectivity index (χ4n) is 3.13. The summed E-state index contributed by atoms with van der Waals surface area (Å²) in [5, 5.41) is 4.01. The number of amides is 1. The van der Waals surface area contributed by atoms with Gasteiger partial charge in [0.1, 0.15) is 0 Å². The maximum absolute atomic E-state index is 12.8. The van der Waals surface area contributed by atoms with E-state index in [9.17, 15) is 4.79 Å². The highest BCUT2D eigenvalue weighted by molar-refractivity contribution is 6.30. The van der Waals surface area contributed by atoms with E-state index in [0.717, 1.165) is 42.5 Å². The van der Waals surface area contributed by atoms with Crippen LogP contribution in [0.4, 0.5) is 11.4 Å². The van der Waals surface area contributed by atoms with E-state index in [1.807, 2.05) is 35.2 Å². The molecule has 27 heavy (non-hydrogen) atoms. The van der Waals surface area contributed by atoms with Crippen molar-refractivity contribution in [3.8, 4) is 0 Å². The smallest absolute Gasteiger partial charge is 0.255 e. The van der Waals surface area contributed by atoms with Gasteiger partial charge < -0.3 is 19.9 Å². The molecule has 1 aliphatic heterocycles. The average molecular weight is 389 g/mol. The molecule has 2 aromatic rings. The van der Waals surface area contributed by atoms with Crippen molar-refractivity contribution in [1.82, 2.24) is 9.88 Å². The molecule has 0 bridgehead atoms. The Labute approximate surface area is 165 Å². The lowest BCUT2D eigenvalue weighted by Gasteiger charge is -2.36. The standard InChI is InChI=1S/C20H25ClN4O2/c1-27-11-3-6-23-18-12-16(14-22-15-18)20(26)25-9-7-24(8-10-25)19-5-2-4-17(21)13-19/h2,4-5,12-15,23H,3,6-11H2,1H3. The Morgan fingerprint density at radius 3 is 2.78 bits per heavy atom. The van der Waals surface area contributed by atoms with Crippen LogP contribution < -0.4 is 10.2 Å². The number of hydrogen-bond acceptors (Lipinski definition) is 5. The normalized spacial score (nSPS) is 14.3. The number of halogens is 1. The Balaban J connectivity index is 1.56. The number of nitrogens with zero attached hydrogens (tertiary/aromatic N) is 3. The van der Waals surface area contributed by atoms with Gasteiger partial charge in [-0.3, -0.25) is 9.78 Å². The van der Waals surface area contributed by atoms with Crippen LogP contribution in [0.25, 0.3) is 0 Å². The molecule has 0 aliphatic carbocycles. The van der Waals surface area contributed by atoms with E-state index in [-0.39, 0.29) is 5.91 Å². The summed E-state index contributed by atoms with van der Waals surface area (Å²) in [5.41, 5.74) is 2.57. The second-order valence-corrected chi connectivity index (χ2v) is 6.93. The molecule has 0 unspecified atom stereocenters. The van der Waals surface area contributed by atoms with Crippen LogP contribution >= 0.6 is 11.6 Å². The minimum Gasteiger partial charge on any atom is -0.385 e. The molecule has 1 fully saturated rings. The monoisotopic (exact) mass is 388 g/mol. The van der Waals surface area contributed by atoms with E-state index in [4.69, 9.17) is 16.3 Å². The van der Waals surface area contributed by atoms with Crippen molar-refractivity contribution in [2.75, 3.05) is 56.7 Å². The van der Waals surface area contributed by atoms with Crippen LogP contribution in [0.2, 0.25) is 5.02 Å². The molecule has 2 heterocycles. The Morgan fingerprint density at radius 2 is 2.04 bits per heavy atom. The van der Waals surface area contributed by atoms with Crippen molar-refractivity contribution in [3.63, 3.8) is 0 Å². The molecular formula is C20H25ClN4O2. The van der Waals surface area contributed by atoms with E-state index >= 15 is 0 Å². The number of pyridine rings is 1. The highest BCUT2D eigenvalue weighted by atomic mass is 35.5. The number of carbonyl (C=O) groups is 1. The number of ether oxygens (including phenoxy) is 1. The summed E-state index contributed by atoms with van der Waals surface area (Å²) >= 11 is 6.08. The summed E-state index contributed by atoms with van der Waals surface area (Å²) < 4.78 is 5.04. The average Bonchev–Trinajstić information content (AvgIpc) is 2.71. The number of aromatic nitrogens is 1. The van der Waals surface area contributed by atoms with Gasteiger partial charge in [-0.15, -0.1) is 0 Å². The SMILES string of the molecule is COCCCNc1cncc(C(=O)N2CCN(c3cccc(Cl)c3)CC2)c1. The van der Waals surface area contributed by atoms with Crippen molar-refractivity contribution in [2.45, 2.75) is 6.42 Å². The first kappa shape index (κ1) is 19.5. The fourth-order valence-corrected chi connectivity index (χ4v) is 3.31. The van der Waals surface area contributed by atoms with Gasteiger partial charge in [0, 0.05) is 69.5 Å². The summed E-state index contributed by atoms with van der Waals surface area (Å²) in [7, 11) is 1.69. The van der Waals surface area contributed by atoms with Gasteiger partial charge in [-0.05, 0) is 30.7 Å². The molecule has 1 N–H and O–H groups in total. The fraction of sp³-hybridized carbons (Fsp3) is 0.400. The quantitative estimate of drug-likeness (QED) is 0.738. The van der Waals surface area contributed by atoms with Gasteiger partial charge >= 0.3 is 0 Å². The third kappa shape index (κ3) is 5.34. The highest BCUT2D eigenvalue weighted by Gasteiger charge is 2.22.